The van der Waals surface area contributed by atoms with Gasteiger partial charge < -0.3 is 20.7 Å². The zero-order valence-electron chi connectivity index (χ0n) is 12.3. The van der Waals surface area contributed by atoms with E-state index in [2.05, 4.69) is 16.0 Å². The minimum absolute atomic E-state index is 0.107. The molecule has 0 unspecified atom stereocenters. The van der Waals surface area contributed by atoms with Gasteiger partial charge in [0.1, 0.15) is 5.69 Å². The first kappa shape index (κ1) is 17.4. The maximum absolute atomic E-state index is 11.9. The van der Waals surface area contributed by atoms with Gasteiger partial charge in [0.25, 0.3) is 11.6 Å². The van der Waals surface area contributed by atoms with Crippen LogP contribution in [0.4, 0.5) is 11.4 Å². The predicted octanol–water partition coefficient (Wildman–Crippen LogP) is 0.129. The highest BCUT2D eigenvalue weighted by molar-refractivity contribution is 5.97. The molecule has 0 aromatic heterocycles. The minimum atomic E-state index is -0.583. The van der Waals surface area contributed by atoms with Gasteiger partial charge in [-0.2, -0.15) is 0 Å². The first-order chi connectivity index (χ1) is 10.5. The lowest BCUT2D eigenvalue weighted by Crippen LogP contribution is -2.38. The molecule has 0 radical (unpaired) electrons. The van der Waals surface area contributed by atoms with Gasteiger partial charge in [0.15, 0.2) is 0 Å². The third kappa shape index (κ3) is 5.02. The molecule has 0 aliphatic rings. The number of hydrogen-bond acceptors (Lipinski definition) is 6. The van der Waals surface area contributed by atoms with Crippen LogP contribution in [-0.4, -0.2) is 50.6 Å². The molecular weight excluding hydrogens is 292 g/mol. The number of nitrogens with zero attached hydrogens (tertiary/aromatic N) is 1. The van der Waals surface area contributed by atoms with E-state index in [1.807, 2.05) is 0 Å². The molecule has 0 atom stereocenters. The summed E-state index contributed by atoms with van der Waals surface area (Å²) in [6.45, 7) is 0.495. The molecule has 0 spiro atoms. The molecule has 1 aromatic carbocycles. The molecule has 22 heavy (non-hydrogen) atoms. The quantitative estimate of drug-likeness (QED) is 0.356. The molecule has 1 rings (SSSR count). The monoisotopic (exact) mass is 310 g/mol. The van der Waals surface area contributed by atoms with E-state index in [-0.39, 0.29) is 23.7 Å². The van der Waals surface area contributed by atoms with E-state index in [9.17, 15) is 19.7 Å². The zero-order chi connectivity index (χ0) is 16.5. The second-order valence-electron chi connectivity index (χ2n) is 4.26. The Labute approximate surface area is 127 Å². The number of carbonyl (C=O) groups is 2. The van der Waals surface area contributed by atoms with Crippen LogP contribution in [0.1, 0.15) is 10.4 Å². The van der Waals surface area contributed by atoms with E-state index < -0.39 is 10.8 Å². The van der Waals surface area contributed by atoms with Gasteiger partial charge in [-0.25, -0.2) is 0 Å². The lowest BCUT2D eigenvalue weighted by Gasteiger charge is -2.08. The predicted molar refractivity (Wildman–Crippen MR) is 79.9 cm³/mol. The molecule has 0 aliphatic heterocycles. The minimum Gasteiger partial charge on any atom is -0.383 e. The van der Waals surface area contributed by atoms with E-state index in [0.717, 1.165) is 6.07 Å². The maximum Gasteiger partial charge on any atom is 0.293 e. The highest BCUT2D eigenvalue weighted by Crippen LogP contribution is 2.24. The van der Waals surface area contributed by atoms with Crippen molar-refractivity contribution in [3.63, 3.8) is 0 Å². The fraction of sp³-hybridized carbons (Fsp3) is 0.385. The molecule has 9 nitrogen and oxygen atoms in total. The van der Waals surface area contributed by atoms with Crippen molar-refractivity contribution >= 4 is 23.2 Å². The standard InChI is InChI=1S/C13H18N4O5/c1-14-10-4-3-9(7-11(10)17(20)21)13(19)16-8-12(18)15-5-6-22-2/h3-4,7,14H,5-6,8H2,1-2H3,(H,15,18)(H,16,19). The Morgan fingerprint density at radius 2 is 2.05 bits per heavy atom. The number of rotatable bonds is 8. The Hall–Kier alpha value is -2.68. The largest absolute Gasteiger partial charge is 0.383 e. The zero-order valence-corrected chi connectivity index (χ0v) is 12.3. The Bertz CT molecular complexity index is 561. The number of amides is 2. The molecule has 0 saturated heterocycles. The molecule has 3 N–H and O–H groups in total. The van der Waals surface area contributed by atoms with Crippen molar-refractivity contribution in [1.82, 2.24) is 10.6 Å². The van der Waals surface area contributed by atoms with Crippen LogP contribution in [0.5, 0.6) is 0 Å². The van der Waals surface area contributed by atoms with Gasteiger partial charge in [-0.05, 0) is 12.1 Å². The topological polar surface area (TPSA) is 123 Å². The molecule has 120 valence electrons. The SMILES string of the molecule is CNc1ccc(C(=O)NCC(=O)NCCOC)cc1[N+](=O)[O-]. The first-order valence-electron chi connectivity index (χ1n) is 6.49. The number of nitro groups is 1. The van der Waals surface area contributed by atoms with Gasteiger partial charge in [0, 0.05) is 32.3 Å². The van der Waals surface area contributed by atoms with E-state index in [0.29, 0.717) is 18.8 Å². The number of carbonyl (C=O) groups excluding carboxylic acids is 2. The van der Waals surface area contributed by atoms with Crippen molar-refractivity contribution in [1.29, 1.82) is 0 Å². The molecule has 0 heterocycles. The van der Waals surface area contributed by atoms with Crippen molar-refractivity contribution in [3.05, 3.63) is 33.9 Å². The highest BCUT2D eigenvalue weighted by Gasteiger charge is 2.17. The molecule has 2 amide bonds. The summed E-state index contributed by atoms with van der Waals surface area (Å²) >= 11 is 0. The second kappa shape index (κ2) is 8.57. The number of ether oxygens (including phenoxy) is 1. The number of methoxy groups -OCH3 is 1. The molecule has 0 aliphatic carbocycles. The van der Waals surface area contributed by atoms with Crippen LogP contribution in [0.25, 0.3) is 0 Å². The van der Waals surface area contributed by atoms with Crippen LogP contribution in [0, 0.1) is 10.1 Å². The van der Waals surface area contributed by atoms with Gasteiger partial charge >= 0.3 is 0 Å². The molecule has 1 aromatic rings. The molecule has 0 saturated carbocycles. The summed E-state index contributed by atoms with van der Waals surface area (Å²) in [5, 5.41) is 18.5. The number of hydrogen-bond donors (Lipinski definition) is 3. The third-order valence-corrected chi connectivity index (χ3v) is 2.76. The Morgan fingerprint density at radius 1 is 1.32 bits per heavy atom. The molecule has 9 heteroatoms. The van der Waals surface area contributed by atoms with Crippen LogP contribution < -0.4 is 16.0 Å². The smallest absolute Gasteiger partial charge is 0.293 e. The van der Waals surface area contributed by atoms with Crippen molar-refractivity contribution in [2.24, 2.45) is 0 Å². The van der Waals surface area contributed by atoms with Crippen molar-refractivity contribution in [3.8, 4) is 0 Å². The summed E-state index contributed by atoms with van der Waals surface area (Å²) in [5.74, 6) is -0.931. The summed E-state index contributed by atoms with van der Waals surface area (Å²) in [4.78, 5) is 33.7. The fourth-order valence-electron chi connectivity index (χ4n) is 1.65. The van der Waals surface area contributed by atoms with Crippen LogP contribution >= 0.6 is 0 Å². The van der Waals surface area contributed by atoms with E-state index in [1.165, 1.54) is 19.2 Å². The Balaban J connectivity index is 2.64. The number of nitro benzene ring substituents is 1. The van der Waals surface area contributed by atoms with Crippen molar-refractivity contribution < 1.29 is 19.2 Å². The van der Waals surface area contributed by atoms with Gasteiger partial charge in [-0.15, -0.1) is 0 Å². The summed E-state index contributed by atoms with van der Waals surface area (Å²) in [5.41, 5.74) is 0.203. The molecule has 0 bridgehead atoms. The van der Waals surface area contributed by atoms with Crippen molar-refractivity contribution in [2.75, 3.05) is 39.2 Å². The lowest BCUT2D eigenvalue weighted by atomic mass is 10.1. The number of benzene rings is 1. The molecule has 0 fully saturated rings. The van der Waals surface area contributed by atoms with Crippen LogP contribution in [0.3, 0.4) is 0 Å². The van der Waals surface area contributed by atoms with Crippen LogP contribution in [-0.2, 0) is 9.53 Å². The summed E-state index contributed by atoms with van der Waals surface area (Å²) in [7, 11) is 3.06. The normalized spacial score (nSPS) is 9.91. The number of nitrogens with one attached hydrogen (secondary N) is 3. The van der Waals surface area contributed by atoms with Gasteiger partial charge in [-0.3, -0.25) is 19.7 Å². The van der Waals surface area contributed by atoms with Gasteiger partial charge in [0.2, 0.25) is 5.91 Å². The third-order valence-electron chi connectivity index (χ3n) is 2.76. The Morgan fingerprint density at radius 3 is 2.64 bits per heavy atom. The Kier molecular flexibility index (Phi) is 6.77. The van der Waals surface area contributed by atoms with Crippen LogP contribution in [0.2, 0.25) is 0 Å². The van der Waals surface area contributed by atoms with Gasteiger partial charge in [-0.1, -0.05) is 0 Å². The average Bonchev–Trinajstić information content (AvgIpc) is 2.52. The molecular formula is C13H18N4O5. The fourth-order valence-corrected chi connectivity index (χ4v) is 1.65. The summed E-state index contributed by atoms with van der Waals surface area (Å²) in [6, 6.07) is 4.03. The first-order valence-corrected chi connectivity index (χ1v) is 6.49. The maximum atomic E-state index is 11.9. The average molecular weight is 310 g/mol. The van der Waals surface area contributed by atoms with Gasteiger partial charge in [0.05, 0.1) is 18.1 Å². The summed E-state index contributed by atoms with van der Waals surface area (Å²) in [6.07, 6.45) is 0. The van der Waals surface area contributed by atoms with E-state index in [4.69, 9.17) is 4.74 Å². The van der Waals surface area contributed by atoms with E-state index in [1.54, 1.807) is 7.05 Å². The van der Waals surface area contributed by atoms with E-state index >= 15 is 0 Å². The number of anilines is 1. The van der Waals surface area contributed by atoms with Crippen molar-refractivity contribution in [2.45, 2.75) is 0 Å². The lowest BCUT2D eigenvalue weighted by molar-refractivity contribution is -0.384. The van der Waals surface area contributed by atoms with Crippen LogP contribution in [0.15, 0.2) is 18.2 Å². The second-order valence-corrected chi connectivity index (χ2v) is 4.26. The summed E-state index contributed by atoms with van der Waals surface area (Å²) < 4.78 is 4.77. The highest BCUT2D eigenvalue weighted by atomic mass is 16.6.